The predicted octanol–water partition coefficient (Wildman–Crippen LogP) is 3.09. The van der Waals surface area contributed by atoms with E-state index in [2.05, 4.69) is 20.3 Å². The normalized spacial score (nSPS) is 16.7. The molecule has 0 aliphatic carbocycles. The molecular formula is C19H15N3O4S. The molecule has 1 heterocycles. The standard InChI is InChI=1S/C19H15N3O4S/c1-25-17(23)11-16-18(24)21-19(27-16)22-20-12-13-7-5-6-10-15(13)26-14-8-3-2-4-9-14/h2-12H,1H3,(H,21,22,24)/b16-11+,20-12?. The van der Waals surface area contributed by atoms with Gasteiger partial charge in [-0.3, -0.25) is 10.1 Å². The number of carbonyl (C=O) groups is 2. The molecule has 8 heteroatoms. The second-order valence-corrected chi connectivity index (χ2v) is 6.22. The number of rotatable bonds is 5. The molecule has 1 aliphatic rings. The van der Waals surface area contributed by atoms with Gasteiger partial charge >= 0.3 is 5.97 Å². The Morgan fingerprint density at radius 2 is 1.85 bits per heavy atom. The molecular weight excluding hydrogens is 366 g/mol. The van der Waals surface area contributed by atoms with E-state index in [1.165, 1.54) is 13.3 Å². The highest BCUT2D eigenvalue weighted by molar-refractivity contribution is 8.18. The molecule has 1 N–H and O–H groups in total. The zero-order valence-corrected chi connectivity index (χ0v) is 15.1. The Labute approximate surface area is 159 Å². The van der Waals surface area contributed by atoms with Crippen LogP contribution in [0.3, 0.4) is 0 Å². The molecule has 1 aliphatic heterocycles. The number of para-hydroxylation sites is 2. The SMILES string of the molecule is COC(=O)/C=C1/S/C(=N\N=Cc2ccccc2Oc2ccccc2)NC1=O. The van der Waals surface area contributed by atoms with Gasteiger partial charge in [-0.1, -0.05) is 30.3 Å². The minimum Gasteiger partial charge on any atom is -0.466 e. The lowest BCUT2D eigenvalue weighted by molar-refractivity contribution is -0.135. The van der Waals surface area contributed by atoms with Crippen molar-refractivity contribution in [3.8, 4) is 11.5 Å². The van der Waals surface area contributed by atoms with Crippen molar-refractivity contribution < 1.29 is 19.1 Å². The third-order valence-electron chi connectivity index (χ3n) is 3.34. The van der Waals surface area contributed by atoms with Gasteiger partial charge in [0.25, 0.3) is 5.91 Å². The highest BCUT2D eigenvalue weighted by Gasteiger charge is 2.25. The van der Waals surface area contributed by atoms with Crippen molar-refractivity contribution in [1.29, 1.82) is 0 Å². The van der Waals surface area contributed by atoms with Crippen LogP contribution in [0, 0.1) is 0 Å². The number of thioether (sulfide) groups is 1. The summed E-state index contributed by atoms with van der Waals surface area (Å²) in [7, 11) is 1.24. The molecule has 136 valence electrons. The summed E-state index contributed by atoms with van der Waals surface area (Å²) >= 11 is 1.01. The molecule has 1 amide bonds. The van der Waals surface area contributed by atoms with Crippen LogP contribution in [0.15, 0.2) is 75.8 Å². The van der Waals surface area contributed by atoms with Gasteiger partial charge in [-0.2, -0.15) is 5.10 Å². The molecule has 0 spiro atoms. The summed E-state index contributed by atoms with van der Waals surface area (Å²) in [6.07, 6.45) is 2.63. The lowest BCUT2D eigenvalue weighted by Gasteiger charge is -2.07. The maximum atomic E-state index is 11.8. The number of methoxy groups -OCH3 is 1. The molecule has 0 radical (unpaired) electrons. The summed E-state index contributed by atoms with van der Waals surface area (Å²) in [5.74, 6) is 0.305. The fourth-order valence-corrected chi connectivity index (χ4v) is 2.82. The lowest BCUT2D eigenvalue weighted by atomic mass is 10.2. The molecule has 3 rings (SSSR count). The Morgan fingerprint density at radius 3 is 2.63 bits per heavy atom. The maximum absolute atomic E-state index is 11.8. The minimum atomic E-state index is -0.607. The number of benzene rings is 2. The van der Waals surface area contributed by atoms with E-state index in [1.807, 2.05) is 54.6 Å². The molecule has 27 heavy (non-hydrogen) atoms. The third kappa shape index (κ3) is 5.05. The van der Waals surface area contributed by atoms with Crippen LogP contribution in [0.2, 0.25) is 0 Å². The molecule has 2 aromatic rings. The predicted molar refractivity (Wildman–Crippen MR) is 104 cm³/mol. The van der Waals surface area contributed by atoms with Gasteiger partial charge in [0, 0.05) is 11.6 Å². The van der Waals surface area contributed by atoms with Gasteiger partial charge in [0.05, 0.1) is 18.2 Å². The first-order valence-corrected chi connectivity index (χ1v) is 8.69. The van der Waals surface area contributed by atoms with E-state index in [0.717, 1.165) is 23.4 Å². The van der Waals surface area contributed by atoms with E-state index in [9.17, 15) is 9.59 Å². The van der Waals surface area contributed by atoms with Crippen LogP contribution in [0.5, 0.6) is 11.5 Å². The second kappa shape index (κ2) is 8.81. The molecule has 2 aromatic carbocycles. The number of hydrogen-bond donors (Lipinski definition) is 1. The Hall–Kier alpha value is -3.39. The quantitative estimate of drug-likeness (QED) is 0.372. The van der Waals surface area contributed by atoms with Crippen LogP contribution in [-0.2, 0) is 14.3 Å². The van der Waals surface area contributed by atoms with E-state index in [4.69, 9.17) is 4.74 Å². The van der Waals surface area contributed by atoms with Crippen molar-refractivity contribution in [3.63, 3.8) is 0 Å². The van der Waals surface area contributed by atoms with Crippen molar-refractivity contribution in [3.05, 3.63) is 71.1 Å². The molecule has 0 unspecified atom stereocenters. The van der Waals surface area contributed by atoms with Crippen molar-refractivity contribution in [2.45, 2.75) is 0 Å². The number of nitrogens with one attached hydrogen (secondary N) is 1. The van der Waals surface area contributed by atoms with Gasteiger partial charge in [-0.05, 0) is 36.0 Å². The Bertz CT molecular complexity index is 939. The first-order valence-electron chi connectivity index (χ1n) is 7.87. The first-order chi connectivity index (χ1) is 13.2. The highest BCUT2D eigenvalue weighted by atomic mass is 32.2. The molecule has 0 saturated carbocycles. The Balaban J connectivity index is 1.72. The average molecular weight is 381 g/mol. The number of hydrogen-bond acceptors (Lipinski definition) is 7. The zero-order chi connectivity index (χ0) is 19.1. The van der Waals surface area contributed by atoms with E-state index < -0.39 is 11.9 Å². The van der Waals surface area contributed by atoms with E-state index in [-0.39, 0.29) is 10.1 Å². The van der Waals surface area contributed by atoms with Crippen molar-refractivity contribution in [2.75, 3.05) is 7.11 Å². The average Bonchev–Trinajstić information content (AvgIpc) is 3.03. The van der Waals surface area contributed by atoms with E-state index in [0.29, 0.717) is 11.5 Å². The topological polar surface area (TPSA) is 89.3 Å². The smallest absolute Gasteiger partial charge is 0.331 e. The van der Waals surface area contributed by atoms with Gasteiger partial charge in [0.15, 0.2) is 5.17 Å². The van der Waals surface area contributed by atoms with Crippen LogP contribution >= 0.6 is 11.8 Å². The molecule has 1 saturated heterocycles. The van der Waals surface area contributed by atoms with Gasteiger partial charge in [-0.25, -0.2) is 4.79 Å². The monoisotopic (exact) mass is 381 g/mol. The number of amides is 1. The Kier molecular flexibility index (Phi) is 6.01. The highest BCUT2D eigenvalue weighted by Crippen LogP contribution is 2.25. The number of carbonyl (C=O) groups excluding carboxylic acids is 2. The molecule has 1 fully saturated rings. The number of esters is 1. The second-order valence-electron chi connectivity index (χ2n) is 5.19. The van der Waals surface area contributed by atoms with Gasteiger partial charge in [-0.15, -0.1) is 5.10 Å². The fraction of sp³-hybridized carbons (Fsp3) is 0.0526. The van der Waals surface area contributed by atoms with E-state index in [1.54, 1.807) is 0 Å². The summed E-state index contributed by atoms with van der Waals surface area (Å²) < 4.78 is 10.4. The van der Waals surface area contributed by atoms with Crippen LogP contribution < -0.4 is 10.1 Å². The first kappa shape index (κ1) is 18.4. The van der Waals surface area contributed by atoms with Crippen LogP contribution in [0.25, 0.3) is 0 Å². The van der Waals surface area contributed by atoms with Gasteiger partial charge in [0.1, 0.15) is 11.5 Å². The van der Waals surface area contributed by atoms with Crippen molar-refractivity contribution >= 4 is 35.0 Å². The summed E-state index contributed by atoms with van der Waals surface area (Å²) in [4.78, 5) is 23.2. The molecule has 7 nitrogen and oxygen atoms in total. The van der Waals surface area contributed by atoms with Gasteiger partial charge < -0.3 is 9.47 Å². The number of amidine groups is 1. The van der Waals surface area contributed by atoms with Crippen molar-refractivity contribution in [2.24, 2.45) is 10.2 Å². The number of nitrogens with zero attached hydrogens (tertiary/aromatic N) is 2. The largest absolute Gasteiger partial charge is 0.466 e. The van der Waals surface area contributed by atoms with Gasteiger partial charge in [0.2, 0.25) is 0 Å². The van der Waals surface area contributed by atoms with Crippen LogP contribution in [0.1, 0.15) is 5.56 Å². The maximum Gasteiger partial charge on any atom is 0.331 e. The third-order valence-corrected chi connectivity index (χ3v) is 4.24. The molecule has 0 bridgehead atoms. The summed E-state index contributed by atoms with van der Waals surface area (Å²) in [6, 6.07) is 16.8. The van der Waals surface area contributed by atoms with Crippen molar-refractivity contribution in [1.82, 2.24) is 5.32 Å². The molecule has 0 aromatic heterocycles. The van der Waals surface area contributed by atoms with E-state index >= 15 is 0 Å². The van der Waals surface area contributed by atoms with Crippen LogP contribution in [-0.4, -0.2) is 30.4 Å². The minimum absolute atomic E-state index is 0.198. The summed E-state index contributed by atoms with van der Waals surface area (Å²) in [5, 5.41) is 10.8. The lowest BCUT2D eigenvalue weighted by Crippen LogP contribution is -2.19. The summed E-state index contributed by atoms with van der Waals surface area (Å²) in [6.45, 7) is 0. The fourth-order valence-electron chi connectivity index (χ4n) is 2.08. The molecule has 0 atom stereocenters. The number of ether oxygens (including phenoxy) is 2. The zero-order valence-electron chi connectivity index (χ0n) is 14.3. The van der Waals surface area contributed by atoms with Crippen LogP contribution in [0.4, 0.5) is 0 Å². The summed E-state index contributed by atoms with van der Waals surface area (Å²) in [5.41, 5.74) is 0.727. The Morgan fingerprint density at radius 1 is 1.11 bits per heavy atom.